The fourth-order valence-corrected chi connectivity index (χ4v) is 3.84. The van der Waals surface area contributed by atoms with Gasteiger partial charge in [-0.2, -0.15) is 9.78 Å². The first kappa shape index (κ1) is 17.8. The summed E-state index contributed by atoms with van der Waals surface area (Å²) in [6, 6.07) is 8.71. The zero-order valence-electron chi connectivity index (χ0n) is 14.5. The summed E-state index contributed by atoms with van der Waals surface area (Å²) in [7, 11) is 1.52. The molecule has 0 saturated heterocycles. The first-order chi connectivity index (χ1) is 13.0. The molecule has 1 N–H and O–H groups in total. The smallest absolute Gasteiger partial charge is 0.233 e. The number of carbonyl (C=O) groups excluding carboxylic acids is 1. The van der Waals surface area contributed by atoms with Crippen LogP contribution in [0.15, 0.2) is 30.3 Å². The van der Waals surface area contributed by atoms with Crippen molar-refractivity contribution in [2.75, 3.05) is 12.4 Å². The standard InChI is InChI=1S/C18H15Cl2N5O2/c1-9-17-12(11-4-3-10(19)7-13(11)20)8-15(26)21-18(17)25(24-9)14-5-6-16(27-2)23-22-14/h3-7,12H,8H2,1-2H3,(H,21,26). The van der Waals surface area contributed by atoms with Gasteiger partial charge in [0, 0.05) is 34.0 Å². The Morgan fingerprint density at radius 1 is 1.22 bits per heavy atom. The molecule has 1 amide bonds. The number of halogens is 2. The van der Waals surface area contributed by atoms with Crippen LogP contribution in [0.5, 0.6) is 5.88 Å². The number of methoxy groups -OCH3 is 1. The molecule has 3 heterocycles. The third-order valence-corrected chi connectivity index (χ3v) is 5.05. The van der Waals surface area contributed by atoms with Crippen molar-refractivity contribution in [3.05, 3.63) is 57.2 Å². The number of anilines is 1. The SMILES string of the molecule is COc1ccc(-n2nc(C)c3c2NC(=O)CC3c2ccc(Cl)cc2Cl)nn1. The van der Waals surface area contributed by atoms with E-state index in [2.05, 4.69) is 20.6 Å². The molecule has 2 aromatic heterocycles. The van der Waals surface area contributed by atoms with Crippen LogP contribution in [0, 0.1) is 6.92 Å². The Morgan fingerprint density at radius 2 is 2.04 bits per heavy atom. The molecule has 138 valence electrons. The first-order valence-corrected chi connectivity index (χ1v) is 8.96. The second-order valence-electron chi connectivity index (χ2n) is 6.16. The Bertz CT molecular complexity index is 1030. The van der Waals surface area contributed by atoms with Crippen molar-refractivity contribution < 1.29 is 9.53 Å². The van der Waals surface area contributed by atoms with Gasteiger partial charge in [-0.3, -0.25) is 4.79 Å². The Balaban J connectivity index is 1.85. The summed E-state index contributed by atoms with van der Waals surface area (Å²) < 4.78 is 6.61. The van der Waals surface area contributed by atoms with E-state index in [0.717, 1.165) is 16.8 Å². The van der Waals surface area contributed by atoms with Crippen LogP contribution in [0.4, 0.5) is 5.82 Å². The number of amides is 1. The highest BCUT2D eigenvalue weighted by Gasteiger charge is 2.34. The molecule has 0 bridgehead atoms. The van der Waals surface area contributed by atoms with Crippen molar-refractivity contribution in [3.8, 4) is 11.7 Å². The van der Waals surface area contributed by atoms with E-state index in [1.807, 2.05) is 13.0 Å². The summed E-state index contributed by atoms with van der Waals surface area (Å²) in [6.45, 7) is 1.89. The van der Waals surface area contributed by atoms with E-state index in [1.165, 1.54) is 7.11 Å². The highest BCUT2D eigenvalue weighted by atomic mass is 35.5. The maximum atomic E-state index is 12.4. The van der Waals surface area contributed by atoms with Gasteiger partial charge < -0.3 is 10.1 Å². The van der Waals surface area contributed by atoms with Crippen LogP contribution in [0.1, 0.15) is 29.2 Å². The summed E-state index contributed by atoms with van der Waals surface area (Å²) in [5.41, 5.74) is 2.51. The van der Waals surface area contributed by atoms with Crippen molar-refractivity contribution >= 4 is 34.9 Å². The van der Waals surface area contributed by atoms with E-state index in [9.17, 15) is 4.79 Å². The topological polar surface area (TPSA) is 81.9 Å². The zero-order valence-corrected chi connectivity index (χ0v) is 16.0. The molecule has 0 saturated carbocycles. The molecule has 1 atom stereocenters. The van der Waals surface area contributed by atoms with Gasteiger partial charge in [-0.25, -0.2) is 0 Å². The molecule has 3 aromatic rings. The fourth-order valence-electron chi connectivity index (χ4n) is 3.30. The number of hydrogen-bond acceptors (Lipinski definition) is 5. The molecule has 0 aliphatic carbocycles. The number of aromatic nitrogens is 4. The molecule has 9 heteroatoms. The fraction of sp³-hybridized carbons (Fsp3) is 0.222. The Labute approximate surface area is 165 Å². The second-order valence-corrected chi connectivity index (χ2v) is 7.01. The molecule has 0 spiro atoms. The average Bonchev–Trinajstić information content (AvgIpc) is 2.98. The van der Waals surface area contributed by atoms with E-state index in [-0.39, 0.29) is 18.2 Å². The lowest BCUT2D eigenvalue weighted by atomic mass is 9.86. The minimum absolute atomic E-state index is 0.124. The molecule has 4 rings (SSSR count). The van der Waals surface area contributed by atoms with Crippen molar-refractivity contribution in [1.29, 1.82) is 0 Å². The van der Waals surface area contributed by atoms with Crippen LogP contribution in [0.3, 0.4) is 0 Å². The van der Waals surface area contributed by atoms with Crippen molar-refractivity contribution in [2.24, 2.45) is 0 Å². The van der Waals surface area contributed by atoms with Gasteiger partial charge in [0.15, 0.2) is 5.82 Å². The molecule has 27 heavy (non-hydrogen) atoms. The van der Waals surface area contributed by atoms with Crippen LogP contribution in [0.25, 0.3) is 5.82 Å². The maximum Gasteiger partial charge on any atom is 0.233 e. The molecule has 0 fully saturated rings. The van der Waals surface area contributed by atoms with Crippen LogP contribution in [-0.2, 0) is 4.79 Å². The molecule has 1 unspecified atom stereocenters. The van der Waals surface area contributed by atoms with E-state index in [4.69, 9.17) is 27.9 Å². The summed E-state index contributed by atoms with van der Waals surface area (Å²) in [5, 5.41) is 16.6. The van der Waals surface area contributed by atoms with Crippen LogP contribution in [-0.4, -0.2) is 33.0 Å². The highest BCUT2D eigenvalue weighted by Crippen LogP contribution is 2.42. The number of nitrogens with zero attached hydrogens (tertiary/aromatic N) is 4. The van der Waals surface area contributed by atoms with Gasteiger partial charge in [0.05, 0.1) is 12.8 Å². The molecule has 1 aliphatic heterocycles. The highest BCUT2D eigenvalue weighted by molar-refractivity contribution is 6.35. The summed E-state index contributed by atoms with van der Waals surface area (Å²) in [4.78, 5) is 12.4. The van der Waals surface area contributed by atoms with Crippen LogP contribution in [0.2, 0.25) is 10.0 Å². The van der Waals surface area contributed by atoms with Gasteiger partial charge in [-0.05, 0) is 30.7 Å². The van der Waals surface area contributed by atoms with E-state index < -0.39 is 0 Å². The number of carbonyl (C=O) groups is 1. The number of ether oxygens (including phenoxy) is 1. The number of benzene rings is 1. The first-order valence-electron chi connectivity index (χ1n) is 8.20. The summed E-state index contributed by atoms with van der Waals surface area (Å²) >= 11 is 12.4. The molecule has 0 radical (unpaired) electrons. The van der Waals surface area contributed by atoms with Gasteiger partial charge in [0.1, 0.15) is 5.82 Å². The van der Waals surface area contributed by atoms with Crippen molar-refractivity contribution in [1.82, 2.24) is 20.0 Å². The lowest BCUT2D eigenvalue weighted by Crippen LogP contribution is -2.25. The van der Waals surface area contributed by atoms with Crippen LogP contribution < -0.4 is 10.1 Å². The van der Waals surface area contributed by atoms with Gasteiger partial charge in [0.2, 0.25) is 11.8 Å². The Kier molecular flexibility index (Phi) is 4.49. The maximum absolute atomic E-state index is 12.4. The average molecular weight is 404 g/mol. The minimum atomic E-state index is -0.224. The van der Waals surface area contributed by atoms with E-state index in [0.29, 0.717) is 27.6 Å². The number of rotatable bonds is 3. The molecular formula is C18H15Cl2N5O2. The zero-order chi connectivity index (χ0) is 19.1. The van der Waals surface area contributed by atoms with Crippen molar-refractivity contribution in [2.45, 2.75) is 19.3 Å². The third kappa shape index (κ3) is 3.13. The van der Waals surface area contributed by atoms with Crippen molar-refractivity contribution in [3.63, 3.8) is 0 Å². The Morgan fingerprint density at radius 3 is 2.70 bits per heavy atom. The lowest BCUT2D eigenvalue weighted by molar-refractivity contribution is -0.116. The summed E-state index contributed by atoms with van der Waals surface area (Å²) in [5.74, 6) is 1.09. The largest absolute Gasteiger partial charge is 0.480 e. The number of aryl methyl sites for hydroxylation is 1. The lowest BCUT2D eigenvalue weighted by Gasteiger charge is -2.25. The van der Waals surface area contributed by atoms with E-state index in [1.54, 1.807) is 28.9 Å². The third-order valence-electron chi connectivity index (χ3n) is 4.49. The number of fused-ring (bicyclic) bond motifs is 1. The molecular weight excluding hydrogens is 389 g/mol. The molecule has 7 nitrogen and oxygen atoms in total. The summed E-state index contributed by atoms with van der Waals surface area (Å²) in [6.07, 6.45) is 0.273. The number of nitrogens with one attached hydrogen (secondary N) is 1. The molecule has 1 aliphatic rings. The van der Waals surface area contributed by atoms with Gasteiger partial charge >= 0.3 is 0 Å². The van der Waals surface area contributed by atoms with Gasteiger partial charge in [-0.15, -0.1) is 10.2 Å². The molecule has 1 aromatic carbocycles. The van der Waals surface area contributed by atoms with Crippen LogP contribution >= 0.6 is 23.2 Å². The predicted molar refractivity (Wildman–Crippen MR) is 102 cm³/mol. The monoisotopic (exact) mass is 403 g/mol. The normalized spacial score (nSPS) is 16.0. The van der Waals surface area contributed by atoms with Gasteiger partial charge in [0.25, 0.3) is 0 Å². The van der Waals surface area contributed by atoms with Gasteiger partial charge in [-0.1, -0.05) is 29.3 Å². The quantitative estimate of drug-likeness (QED) is 0.719. The Hall–Kier alpha value is -2.64. The minimum Gasteiger partial charge on any atom is -0.480 e. The predicted octanol–water partition coefficient (Wildman–Crippen LogP) is 3.76. The number of hydrogen-bond donors (Lipinski definition) is 1. The second kappa shape index (κ2) is 6.83. The van der Waals surface area contributed by atoms with E-state index >= 15 is 0 Å².